The predicted octanol–water partition coefficient (Wildman–Crippen LogP) is 4.50. The highest BCUT2D eigenvalue weighted by Crippen LogP contribution is 2.18. The van der Waals surface area contributed by atoms with Gasteiger partial charge in [-0.3, -0.25) is 4.98 Å². The van der Waals surface area contributed by atoms with Gasteiger partial charge in [0, 0.05) is 17.6 Å². The van der Waals surface area contributed by atoms with Gasteiger partial charge in [0.05, 0.1) is 5.52 Å². The van der Waals surface area contributed by atoms with Crippen LogP contribution in [0.25, 0.3) is 10.9 Å². The van der Waals surface area contributed by atoms with Gasteiger partial charge in [-0.2, -0.15) is 0 Å². The van der Waals surface area contributed by atoms with Gasteiger partial charge in [-0.1, -0.05) is 54.1 Å². The van der Waals surface area contributed by atoms with E-state index in [-0.39, 0.29) is 6.07 Å². The van der Waals surface area contributed by atoms with E-state index < -0.39 is 0 Å². The van der Waals surface area contributed by atoms with Gasteiger partial charge in [0.25, 0.3) is 0 Å². The Kier molecular flexibility index (Phi) is 5.20. The fourth-order valence-corrected chi connectivity index (χ4v) is 1.71. The summed E-state index contributed by atoms with van der Waals surface area (Å²) in [5, 5.41) is 1.10. The molecule has 0 fully saturated rings. The van der Waals surface area contributed by atoms with Gasteiger partial charge >= 0.3 is 0 Å². The number of aromatic nitrogens is 1. The Bertz CT molecular complexity index is 586. The van der Waals surface area contributed by atoms with Crippen LogP contribution in [0.5, 0.6) is 5.75 Å². The Morgan fingerprint density at radius 1 is 0.895 bits per heavy atom. The lowest BCUT2D eigenvalue weighted by Gasteiger charge is -2.02. The zero-order valence-electron chi connectivity index (χ0n) is 10.4. The molecule has 3 heteroatoms. The second-order valence-electron chi connectivity index (χ2n) is 3.77. The molecule has 0 saturated heterocycles. The first-order valence-electron chi connectivity index (χ1n) is 5.94. The van der Waals surface area contributed by atoms with Crippen molar-refractivity contribution in [1.29, 1.82) is 0 Å². The number of alkyl halides is 1. The van der Waals surface area contributed by atoms with E-state index in [2.05, 4.69) is 4.98 Å². The molecule has 0 spiro atoms. The summed E-state index contributed by atoms with van der Waals surface area (Å²) < 4.78 is 5.14. The summed E-state index contributed by atoms with van der Waals surface area (Å²) in [6.45, 7) is 0. The SMILES string of the molecule is ClCOc1ccc2cccnc2c1.c1ccccc1. The van der Waals surface area contributed by atoms with E-state index >= 15 is 0 Å². The number of benzene rings is 2. The van der Waals surface area contributed by atoms with Crippen LogP contribution in [-0.4, -0.2) is 11.1 Å². The zero-order chi connectivity index (χ0) is 13.3. The molecule has 0 bridgehead atoms. The highest BCUT2D eigenvalue weighted by Gasteiger charge is 1.96. The van der Waals surface area contributed by atoms with Crippen LogP contribution in [-0.2, 0) is 0 Å². The van der Waals surface area contributed by atoms with Crippen molar-refractivity contribution in [2.75, 3.05) is 6.07 Å². The monoisotopic (exact) mass is 271 g/mol. The van der Waals surface area contributed by atoms with Gasteiger partial charge in [0.1, 0.15) is 5.75 Å². The Hall–Kier alpha value is -2.06. The third-order valence-electron chi connectivity index (χ3n) is 2.47. The van der Waals surface area contributed by atoms with Crippen molar-refractivity contribution in [3.05, 3.63) is 72.9 Å². The number of halogens is 1. The lowest BCUT2D eigenvalue weighted by molar-refractivity contribution is 0.388. The Morgan fingerprint density at radius 2 is 1.58 bits per heavy atom. The van der Waals surface area contributed by atoms with Gasteiger partial charge in [-0.25, -0.2) is 0 Å². The molecular weight excluding hydrogens is 258 g/mol. The van der Waals surface area contributed by atoms with Gasteiger partial charge < -0.3 is 4.74 Å². The third-order valence-corrected chi connectivity index (χ3v) is 2.57. The lowest BCUT2D eigenvalue weighted by atomic mass is 10.2. The molecule has 0 radical (unpaired) electrons. The molecule has 0 aliphatic carbocycles. The molecule has 0 saturated carbocycles. The first-order chi connectivity index (χ1) is 9.40. The molecule has 0 atom stereocenters. The second-order valence-corrected chi connectivity index (χ2v) is 3.98. The van der Waals surface area contributed by atoms with Crippen LogP contribution in [0, 0.1) is 0 Å². The van der Waals surface area contributed by atoms with E-state index in [1.54, 1.807) is 6.20 Å². The van der Waals surface area contributed by atoms with Crippen LogP contribution in [0.4, 0.5) is 0 Å². The van der Waals surface area contributed by atoms with Crippen LogP contribution in [0.1, 0.15) is 0 Å². The van der Waals surface area contributed by atoms with Crippen LogP contribution in [0.3, 0.4) is 0 Å². The van der Waals surface area contributed by atoms with Gasteiger partial charge in [-0.05, 0) is 18.2 Å². The van der Waals surface area contributed by atoms with Crippen molar-refractivity contribution >= 4 is 22.5 Å². The average Bonchev–Trinajstić information content (AvgIpc) is 2.50. The molecule has 19 heavy (non-hydrogen) atoms. The number of hydrogen-bond donors (Lipinski definition) is 0. The van der Waals surface area contributed by atoms with Crippen molar-refractivity contribution in [3.63, 3.8) is 0 Å². The van der Waals surface area contributed by atoms with Crippen LogP contribution in [0.2, 0.25) is 0 Å². The minimum absolute atomic E-state index is 0.165. The number of fused-ring (bicyclic) bond motifs is 1. The number of nitrogens with zero attached hydrogens (tertiary/aromatic N) is 1. The maximum atomic E-state index is 5.44. The van der Waals surface area contributed by atoms with E-state index in [9.17, 15) is 0 Å². The third kappa shape index (κ3) is 4.27. The maximum absolute atomic E-state index is 5.44. The highest BCUT2D eigenvalue weighted by molar-refractivity contribution is 6.17. The highest BCUT2D eigenvalue weighted by atomic mass is 35.5. The summed E-state index contributed by atoms with van der Waals surface area (Å²) in [5.41, 5.74) is 0.921. The average molecular weight is 272 g/mol. The largest absolute Gasteiger partial charge is 0.478 e. The molecular formula is C16H14ClNO. The first kappa shape index (κ1) is 13.4. The summed E-state index contributed by atoms with van der Waals surface area (Å²) in [7, 11) is 0. The fraction of sp³-hybridized carbons (Fsp3) is 0.0625. The fourth-order valence-electron chi connectivity index (χ4n) is 1.58. The van der Waals surface area contributed by atoms with E-state index in [1.807, 2.05) is 66.7 Å². The molecule has 0 aliphatic heterocycles. The summed E-state index contributed by atoms with van der Waals surface area (Å²) >= 11 is 5.44. The molecule has 3 aromatic rings. The normalized spacial score (nSPS) is 9.53. The van der Waals surface area contributed by atoms with Gasteiger partial charge in [0.2, 0.25) is 0 Å². The van der Waals surface area contributed by atoms with Crippen molar-refractivity contribution in [1.82, 2.24) is 4.98 Å². The lowest BCUT2D eigenvalue weighted by Crippen LogP contribution is -1.88. The molecule has 0 amide bonds. The molecule has 0 aliphatic rings. The van der Waals surface area contributed by atoms with Gasteiger partial charge in [0.15, 0.2) is 6.07 Å². The Balaban J connectivity index is 0.000000186. The predicted molar refractivity (Wildman–Crippen MR) is 79.5 cm³/mol. The number of rotatable bonds is 2. The molecule has 1 heterocycles. The minimum atomic E-state index is 0.165. The second kappa shape index (κ2) is 7.39. The van der Waals surface area contributed by atoms with E-state index in [0.717, 1.165) is 16.7 Å². The summed E-state index contributed by atoms with van der Waals surface area (Å²) in [5.74, 6) is 0.751. The van der Waals surface area contributed by atoms with Crippen molar-refractivity contribution < 1.29 is 4.74 Å². The molecule has 2 nitrogen and oxygen atoms in total. The first-order valence-corrected chi connectivity index (χ1v) is 6.47. The Labute approximate surface area is 117 Å². The number of hydrogen-bond acceptors (Lipinski definition) is 2. The Morgan fingerprint density at radius 3 is 2.21 bits per heavy atom. The quantitative estimate of drug-likeness (QED) is 0.641. The molecule has 2 aromatic carbocycles. The van der Waals surface area contributed by atoms with Crippen molar-refractivity contribution in [2.45, 2.75) is 0 Å². The summed E-state index contributed by atoms with van der Waals surface area (Å²) in [4.78, 5) is 4.20. The maximum Gasteiger partial charge on any atom is 0.162 e. The van der Waals surface area contributed by atoms with Crippen molar-refractivity contribution in [2.24, 2.45) is 0 Å². The minimum Gasteiger partial charge on any atom is -0.478 e. The topological polar surface area (TPSA) is 22.1 Å². The molecule has 96 valence electrons. The number of pyridine rings is 1. The molecule has 0 N–H and O–H groups in total. The zero-order valence-corrected chi connectivity index (χ0v) is 11.1. The molecule has 0 unspecified atom stereocenters. The summed E-state index contributed by atoms with van der Waals surface area (Å²) in [6.07, 6.45) is 1.76. The van der Waals surface area contributed by atoms with Crippen molar-refractivity contribution in [3.8, 4) is 5.75 Å². The molecule has 1 aromatic heterocycles. The number of ether oxygens (including phenoxy) is 1. The van der Waals surface area contributed by atoms with Crippen LogP contribution >= 0.6 is 11.6 Å². The molecule has 3 rings (SSSR count). The van der Waals surface area contributed by atoms with Crippen LogP contribution < -0.4 is 4.74 Å². The van der Waals surface area contributed by atoms with E-state index in [0.29, 0.717) is 0 Å². The van der Waals surface area contributed by atoms with E-state index in [4.69, 9.17) is 16.3 Å². The smallest absolute Gasteiger partial charge is 0.162 e. The van der Waals surface area contributed by atoms with Crippen LogP contribution in [0.15, 0.2) is 72.9 Å². The summed E-state index contributed by atoms with van der Waals surface area (Å²) in [6, 6.07) is 21.8. The van der Waals surface area contributed by atoms with E-state index in [1.165, 1.54) is 0 Å². The standard InChI is InChI=1S/C10H8ClNO.C6H6/c11-7-13-9-4-3-8-2-1-5-12-10(8)6-9;1-2-4-6-5-3-1/h1-6H,7H2;1-6H. The van der Waals surface area contributed by atoms with Gasteiger partial charge in [-0.15, -0.1) is 0 Å².